The van der Waals surface area contributed by atoms with E-state index in [1.807, 2.05) is 19.1 Å². The van der Waals surface area contributed by atoms with Gasteiger partial charge in [-0.25, -0.2) is 0 Å². The summed E-state index contributed by atoms with van der Waals surface area (Å²) in [5.74, 6) is -0.262. The Hall–Kier alpha value is -2.39. The van der Waals surface area contributed by atoms with Crippen molar-refractivity contribution in [3.8, 4) is 5.75 Å². The third-order valence-electron chi connectivity index (χ3n) is 2.78. The minimum absolute atomic E-state index is 0.0652. The molecule has 0 atom stereocenters. The topological polar surface area (TPSA) is 92.6 Å². The monoisotopic (exact) mass is 411 g/mol. The Morgan fingerprint density at radius 1 is 1.29 bits per heavy atom. The molecule has 0 spiro atoms. The minimum Gasteiger partial charge on any atom is -0.483 e. The maximum Gasteiger partial charge on any atom is 0.293 e. The molecule has 9 heteroatoms. The number of hydrogen-bond donors (Lipinski definition) is 3. The number of benzene rings is 1. The maximum absolute atomic E-state index is 11.7. The van der Waals surface area contributed by atoms with Gasteiger partial charge in [0.1, 0.15) is 5.75 Å². The second-order valence-electron chi connectivity index (χ2n) is 4.63. The summed E-state index contributed by atoms with van der Waals surface area (Å²) in [6.45, 7) is 1.67. The third kappa shape index (κ3) is 5.36. The lowest BCUT2D eigenvalue weighted by Crippen LogP contribution is -2.49. The van der Waals surface area contributed by atoms with Gasteiger partial charge in [0, 0.05) is 4.47 Å². The fourth-order valence-electron chi connectivity index (χ4n) is 1.68. The van der Waals surface area contributed by atoms with Gasteiger partial charge in [-0.1, -0.05) is 15.9 Å². The molecule has 7 nitrogen and oxygen atoms in total. The van der Waals surface area contributed by atoms with Crippen LogP contribution in [0.15, 0.2) is 45.5 Å². The predicted molar refractivity (Wildman–Crippen MR) is 94.4 cm³/mol. The molecule has 0 bridgehead atoms. The molecule has 24 heavy (non-hydrogen) atoms. The molecule has 0 unspecified atom stereocenters. The number of ether oxygens (including phenoxy) is 1. The number of thiocarbonyl (C=S) groups is 1. The largest absolute Gasteiger partial charge is 0.483 e. The van der Waals surface area contributed by atoms with E-state index in [1.54, 1.807) is 12.1 Å². The van der Waals surface area contributed by atoms with E-state index in [2.05, 4.69) is 32.1 Å². The van der Waals surface area contributed by atoms with Crippen molar-refractivity contribution in [3.05, 3.63) is 52.4 Å². The molecule has 3 N–H and O–H groups in total. The number of furan rings is 1. The first-order valence-corrected chi connectivity index (χ1v) is 7.98. The number of halogens is 1. The van der Waals surface area contributed by atoms with Crippen LogP contribution in [0.1, 0.15) is 16.1 Å². The summed E-state index contributed by atoms with van der Waals surface area (Å²) >= 11 is 8.24. The molecule has 0 fully saturated rings. The lowest BCUT2D eigenvalue weighted by Gasteiger charge is -2.12. The molecule has 0 saturated carbocycles. The number of rotatable bonds is 4. The maximum atomic E-state index is 11.7. The number of carbonyl (C=O) groups excluding carboxylic acids is 2. The zero-order valence-corrected chi connectivity index (χ0v) is 15.0. The number of hydrazine groups is 1. The number of amides is 2. The lowest BCUT2D eigenvalue weighted by atomic mass is 10.2. The first kappa shape index (κ1) is 18.0. The molecule has 0 aliphatic carbocycles. The van der Waals surface area contributed by atoms with Crippen LogP contribution in [0, 0.1) is 6.92 Å². The van der Waals surface area contributed by atoms with E-state index < -0.39 is 11.8 Å². The Labute approximate surface area is 151 Å². The van der Waals surface area contributed by atoms with E-state index in [9.17, 15) is 9.59 Å². The molecule has 2 aromatic rings. The quantitative estimate of drug-likeness (QED) is 0.526. The molecule has 1 aromatic heterocycles. The molecular weight excluding hydrogens is 398 g/mol. The number of carbonyl (C=O) groups is 2. The van der Waals surface area contributed by atoms with Gasteiger partial charge in [0.15, 0.2) is 17.5 Å². The zero-order chi connectivity index (χ0) is 17.5. The second kappa shape index (κ2) is 8.46. The molecule has 2 rings (SSSR count). The van der Waals surface area contributed by atoms with Crippen molar-refractivity contribution < 1.29 is 18.7 Å². The van der Waals surface area contributed by atoms with Crippen molar-refractivity contribution in [2.24, 2.45) is 0 Å². The van der Waals surface area contributed by atoms with Crippen LogP contribution >= 0.6 is 28.1 Å². The smallest absolute Gasteiger partial charge is 0.293 e. The van der Waals surface area contributed by atoms with E-state index in [0.29, 0.717) is 5.75 Å². The Kier molecular flexibility index (Phi) is 6.33. The summed E-state index contributed by atoms with van der Waals surface area (Å²) in [6, 6.07) is 8.52. The van der Waals surface area contributed by atoms with Gasteiger partial charge in [0.05, 0.1) is 6.26 Å². The highest BCUT2D eigenvalue weighted by molar-refractivity contribution is 9.10. The van der Waals surface area contributed by atoms with Crippen molar-refractivity contribution in [3.63, 3.8) is 0 Å². The van der Waals surface area contributed by atoms with Gasteiger partial charge in [0.25, 0.3) is 11.8 Å². The summed E-state index contributed by atoms with van der Waals surface area (Å²) < 4.78 is 11.3. The Morgan fingerprint density at radius 2 is 2.08 bits per heavy atom. The predicted octanol–water partition coefficient (Wildman–Crippen LogP) is 2.07. The lowest BCUT2D eigenvalue weighted by molar-refractivity contribution is -0.123. The van der Waals surface area contributed by atoms with E-state index >= 15 is 0 Å². The molecule has 1 aromatic carbocycles. The van der Waals surface area contributed by atoms with Gasteiger partial charge < -0.3 is 9.15 Å². The SMILES string of the molecule is Cc1cc(Br)ccc1OCC(=O)NNC(=S)NC(=O)c1ccco1. The van der Waals surface area contributed by atoms with Crippen molar-refractivity contribution in [2.45, 2.75) is 6.92 Å². The molecule has 0 radical (unpaired) electrons. The zero-order valence-electron chi connectivity index (χ0n) is 12.6. The molecule has 2 amide bonds. The Balaban J connectivity index is 1.72. The molecular formula is C15H14BrN3O4S. The summed E-state index contributed by atoms with van der Waals surface area (Å²) in [6.07, 6.45) is 1.37. The van der Waals surface area contributed by atoms with E-state index in [4.69, 9.17) is 21.4 Å². The minimum atomic E-state index is -0.520. The van der Waals surface area contributed by atoms with Gasteiger partial charge in [-0.3, -0.25) is 25.8 Å². The van der Waals surface area contributed by atoms with Crippen molar-refractivity contribution in [2.75, 3.05) is 6.61 Å². The average Bonchev–Trinajstić information content (AvgIpc) is 3.06. The highest BCUT2D eigenvalue weighted by atomic mass is 79.9. The normalized spacial score (nSPS) is 9.92. The van der Waals surface area contributed by atoms with Gasteiger partial charge in [-0.2, -0.15) is 0 Å². The Morgan fingerprint density at radius 3 is 2.75 bits per heavy atom. The first-order chi connectivity index (χ1) is 11.5. The van der Waals surface area contributed by atoms with Crippen LogP contribution in [0.5, 0.6) is 5.75 Å². The van der Waals surface area contributed by atoms with E-state index in [-0.39, 0.29) is 17.5 Å². The summed E-state index contributed by atoms with van der Waals surface area (Å²) in [7, 11) is 0. The molecule has 0 aliphatic heterocycles. The molecule has 126 valence electrons. The fourth-order valence-corrected chi connectivity index (χ4v) is 2.30. The molecule has 0 saturated heterocycles. The average molecular weight is 412 g/mol. The molecule has 1 heterocycles. The van der Waals surface area contributed by atoms with Crippen LogP contribution in [0.4, 0.5) is 0 Å². The van der Waals surface area contributed by atoms with Gasteiger partial charge >= 0.3 is 0 Å². The summed E-state index contributed by atoms with van der Waals surface area (Å²) in [5, 5.41) is 2.29. The highest BCUT2D eigenvalue weighted by Gasteiger charge is 2.11. The van der Waals surface area contributed by atoms with Crippen molar-refractivity contribution in [1.29, 1.82) is 0 Å². The van der Waals surface area contributed by atoms with Crippen LogP contribution in [-0.4, -0.2) is 23.5 Å². The van der Waals surface area contributed by atoms with E-state index in [1.165, 1.54) is 12.3 Å². The van der Waals surface area contributed by atoms with Crippen molar-refractivity contribution in [1.82, 2.24) is 16.2 Å². The molecule has 0 aliphatic rings. The van der Waals surface area contributed by atoms with Gasteiger partial charge in [-0.05, 0) is 55.0 Å². The van der Waals surface area contributed by atoms with Gasteiger partial charge in [0.2, 0.25) is 0 Å². The number of hydrogen-bond acceptors (Lipinski definition) is 5. The highest BCUT2D eigenvalue weighted by Crippen LogP contribution is 2.21. The van der Waals surface area contributed by atoms with Crippen LogP contribution in [0.25, 0.3) is 0 Å². The summed E-state index contributed by atoms with van der Waals surface area (Å²) in [4.78, 5) is 23.4. The number of nitrogens with one attached hydrogen (secondary N) is 3. The van der Waals surface area contributed by atoms with Crippen molar-refractivity contribution >= 4 is 45.1 Å². The first-order valence-electron chi connectivity index (χ1n) is 6.78. The van der Waals surface area contributed by atoms with Crippen LogP contribution in [-0.2, 0) is 4.79 Å². The van der Waals surface area contributed by atoms with Gasteiger partial charge in [-0.15, -0.1) is 0 Å². The fraction of sp³-hybridized carbons (Fsp3) is 0.133. The van der Waals surface area contributed by atoms with E-state index in [0.717, 1.165) is 10.0 Å². The third-order valence-corrected chi connectivity index (χ3v) is 3.48. The van der Waals surface area contributed by atoms with Crippen LogP contribution in [0.2, 0.25) is 0 Å². The van der Waals surface area contributed by atoms with Crippen LogP contribution in [0.3, 0.4) is 0 Å². The van der Waals surface area contributed by atoms with Crippen LogP contribution < -0.4 is 20.9 Å². The second-order valence-corrected chi connectivity index (χ2v) is 5.96. The number of aryl methyl sites for hydroxylation is 1. The summed E-state index contributed by atoms with van der Waals surface area (Å²) in [5.41, 5.74) is 5.63. The standard InChI is InChI=1S/C15H14BrN3O4S/c1-9-7-10(16)4-5-11(9)23-8-13(20)18-19-15(24)17-14(21)12-3-2-6-22-12/h2-7H,8H2,1H3,(H,18,20)(H2,17,19,21,24). The Bertz CT molecular complexity index is 749.